The van der Waals surface area contributed by atoms with Gasteiger partial charge in [-0.2, -0.15) is 15.3 Å². The molecule has 0 aliphatic heterocycles. The predicted octanol–water partition coefficient (Wildman–Crippen LogP) is 3.06. The Morgan fingerprint density at radius 3 is 2.62 bits per heavy atom. The number of ketones is 1. The Bertz CT molecular complexity index is 679. The van der Waals surface area contributed by atoms with Crippen LogP contribution in [0.4, 0.5) is 0 Å². The summed E-state index contributed by atoms with van der Waals surface area (Å²) in [6.45, 7) is 8.47. The van der Waals surface area contributed by atoms with E-state index in [1.807, 2.05) is 25.5 Å². The van der Waals surface area contributed by atoms with Crippen LogP contribution in [0.3, 0.4) is 0 Å². The van der Waals surface area contributed by atoms with Gasteiger partial charge in [-0.05, 0) is 49.2 Å². The van der Waals surface area contributed by atoms with E-state index in [2.05, 4.69) is 38.1 Å². The molecule has 0 unspecified atom stereocenters. The van der Waals surface area contributed by atoms with Gasteiger partial charge in [0, 0.05) is 12.1 Å². The van der Waals surface area contributed by atoms with Gasteiger partial charge < -0.3 is 0 Å². The normalized spacial score (nSPS) is 10.9. The molecule has 2 aromatic rings. The number of carbonyl (C=O) groups is 1. The molecule has 0 N–H and O–H groups in total. The lowest BCUT2D eigenvalue weighted by Gasteiger charge is -2.07. The highest BCUT2D eigenvalue weighted by Gasteiger charge is 2.19. The molecule has 2 aromatic heterocycles. The van der Waals surface area contributed by atoms with Crippen LogP contribution in [0.5, 0.6) is 0 Å². The number of hydrogen-bond acceptors (Lipinski definition) is 4. The smallest absolute Gasteiger partial charge is 0.170 e. The van der Waals surface area contributed by atoms with Crippen molar-refractivity contribution in [1.29, 1.82) is 0 Å². The van der Waals surface area contributed by atoms with Gasteiger partial charge in [-0.1, -0.05) is 6.92 Å². The van der Waals surface area contributed by atoms with E-state index < -0.39 is 0 Å². The molecule has 2 heterocycles. The van der Waals surface area contributed by atoms with Crippen LogP contribution >= 0.6 is 15.9 Å². The molecule has 0 amide bonds. The molecule has 0 saturated carbocycles. The largest absolute Gasteiger partial charge is 0.294 e. The molecule has 21 heavy (non-hydrogen) atoms. The lowest BCUT2D eigenvalue weighted by molar-refractivity contribution is 0.0989. The van der Waals surface area contributed by atoms with Crippen LogP contribution < -0.4 is 0 Å². The van der Waals surface area contributed by atoms with Gasteiger partial charge in [0.15, 0.2) is 5.78 Å². The van der Waals surface area contributed by atoms with Crippen LogP contribution in [-0.4, -0.2) is 25.8 Å². The minimum absolute atomic E-state index is 0.0449. The number of halogens is 1. The van der Waals surface area contributed by atoms with Gasteiger partial charge in [0.1, 0.15) is 0 Å². The third-order valence-electron chi connectivity index (χ3n) is 3.42. The fourth-order valence-electron chi connectivity index (χ4n) is 2.27. The molecule has 0 aliphatic carbocycles. The van der Waals surface area contributed by atoms with Crippen molar-refractivity contribution >= 4 is 21.7 Å². The number of aromatic nitrogens is 4. The summed E-state index contributed by atoms with van der Waals surface area (Å²) in [7, 11) is 0. The van der Waals surface area contributed by atoms with Crippen molar-refractivity contribution in [2.75, 3.05) is 0 Å². The average molecular weight is 351 g/mol. The highest BCUT2D eigenvalue weighted by molar-refractivity contribution is 9.10. The van der Waals surface area contributed by atoms with Crippen molar-refractivity contribution in [2.24, 2.45) is 0 Å². The average Bonchev–Trinajstić information content (AvgIpc) is 2.77. The van der Waals surface area contributed by atoms with Gasteiger partial charge in [-0.15, -0.1) is 0 Å². The molecule has 0 bridgehead atoms. The fraction of sp³-hybridized carbons (Fsp3) is 0.467. The van der Waals surface area contributed by atoms with Gasteiger partial charge in [0.25, 0.3) is 0 Å². The molecular weight excluding hydrogens is 332 g/mol. The molecule has 5 nitrogen and oxygen atoms in total. The van der Waals surface area contributed by atoms with E-state index in [-0.39, 0.29) is 5.78 Å². The summed E-state index contributed by atoms with van der Waals surface area (Å²) in [4.78, 5) is 12.6. The molecule has 0 saturated heterocycles. The molecule has 0 aromatic carbocycles. The van der Waals surface area contributed by atoms with Crippen molar-refractivity contribution in [3.63, 3.8) is 0 Å². The second-order valence-electron chi connectivity index (χ2n) is 4.96. The van der Waals surface area contributed by atoms with Gasteiger partial charge >= 0.3 is 0 Å². The first-order valence-electron chi connectivity index (χ1n) is 7.06. The number of Topliss-reactive ketones (excluding diaryl/α,β-unsaturated/α-hetero) is 1. The maximum Gasteiger partial charge on any atom is 0.170 e. The quantitative estimate of drug-likeness (QED) is 0.777. The van der Waals surface area contributed by atoms with Crippen molar-refractivity contribution in [3.8, 4) is 0 Å². The van der Waals surface area contributed by atoms with Crippen LogP contribution in [0.1, 0.15) is 47.0 Å². The number of rotatable bonds is 5. The third-order valence-corrected chi connectivity index (χ3v) is 4.34. The molecular formula is C15H19BrN4O. The summed E-state index contributed by atoms with van der Waals surface area (Å²) in [6.07, 6.45) is 1.15. The summed E-state index contributed by atoms with van der Waals surface area (Å²) >= 11 is 3.57. The van der Waals surface area contributed by atoms with Gasteiger partial charge in [0.2, 0.25) is 0 Å². The van der Waals surface area contributed by atoms with E-state index in [1.165, 1.54) is 0 Å². The van der Waals surface area contributed by atoms with E-state index in [0.717, 1.165) is 34.5 Å². The molecule has 0 fully saturated rings. The Balaban J connectivity index is 2.35. The van der Waals surface area contributed by atoms with Gasteiger partial charge in [0.05, 0.1) is 33.7 Å². The topological polar surface area (TPSA) is 60.7 Å². The number of hydrogen-bond donors (Lipinski definition) is 0. The lowest BCUT2D eigenvalue weighted by Crippen LogP contribution is -2.12. The molecule has 0 radical (unpaired) electrons. The predicted molar refractivity (Wildman–Crippen MR) is 84.5 cm³/mol. The fourth-order valence-corrected chi connectivity index (χ4v) is 2.97. The van der Waals surface area contributed by atoms with Crippen molar-refractivity contribution < 1.29 is 4.79 Å². The maximum atomic E-state index is 12.6. The first-order valence-corrected chi connectivity index (χ1v) is 7.85. The van der Waals surface area contributed by atoms with E-state index >= 15 is 0 Å². The summed E-state index contributed by atoms with van der Waals surface area (Å²) in [5.74, 6) is 0.0449. The third kappa shape index (κ3) is 3.20. The number of nitrogens with zero attached hydrogens (tertiary/aromatic N) is 4. The Labute approximate surface area is 132 Å². The minimum Gasteiger partial charge on any atom is -0.294 e. The SMILES string of the molecule is CCc1nn(CC)c(CC(=O)c2cc(C)nnc2C)c1Br. The van der Waals surface area contributed by atoms with E-state index in [1.54, 1.807) is 6.07 Å². The summed E-state index contributed by atoms with van der Waals surface area (Å²) in [6, 6.07) is 1.80. The molecule has 112 valence electrons. The van der Waals surface area contributed by atoms with E-state index in [0.29, 0.717) is 17.7 Å². The molecule has 6 heteroatoms. The van der Waals surface area contributed by atoms with Crippen LogP contribution in [0, 0.1) is 13.8 Å². The van der Waals surface area contributed by atoms with Gasteiger partial charge in [-0.3, -0.25) is 9.48 Å². The second kappa shape index (κ2) is 6.47. The minimum atomic E-state index is 0.0449. The maximum absolute atomic E-state index is 12.6. The number of aryl methyl sites for hydroxylation is 4. The zero-order chi connectivity index (χ0) is 15.6. The molecule has 0 spiro atoms. The molecule has 0 aliphatic rings. The lowest BCUT2D eigenvalue weighted by atomic mass is 10.0. The van der Waals surface area contributed by atoms with E-state index in [9.17, 15) is 4.79 Å². The zero-order valence-electron chi connectivity index (χ0n) is 12.8. The number of carbonyl (C=O) groups excluding carboxylic acids is 1. The first-order chi connectivity index (χ1) is 9.97. The first kappa shape index (κ1) is 15.8. The highest BCUT2D eigenvalue weighted by Crippen LogP contribution is 2.24. The van der Waals surface area contributed by atoms with Gasteiger partial charge in [-0.25, -0.2) is 0 Å². The van der Waals surface area contributed by atoms with Crippen LogP contribution in [-0.2, 0) is 19.4 Å². The van der Waals surface area contributed by atoms with Crippen LogP contribution in [0.25, 0.3) is 0 Å². The van der Waals surface area contributed by atoms with Crippen molar-refractivity contribution in [1.82, 2.24) is 20.0 Å². The molecule has 2 rings (SSSR count). The Kier molecular flexibility index (Phi) is 4.88. The second-order valence-corrected chi connectivity index (χ2v) is 5.75. The van der Waals surface area contributed by atoms with Crippen LogP contribution in [0.15, 0.2) is 10.5 Å². The summed E-state index contributed by atoms with van der Waals surface area (Å²) in [5.41, 5.74) is 3.96. The van der Waals surface area contributed by atoms with E-state index in [4.69, 9.17) is 0 Å². The Morgan fingerprint density at radius 2 is 2.00 bits per heavy atom. The monoisotopic (exact) mass is 350 g/mol. The highest BCUT2D eigenvalue weighted by atomic mass is 79.9. The van der Waals surface area contributed by atoms with Crippen molar-refractivity contribution in [3.05, 3.63) is 38.9 Å². The zero-order valence-corrected chi connectivity index (χ0v) is 14.4. The molecule has 0 atom stereocenters. The Hall–Kier alpha value is -1.56. The Morgan fingerprint density at radius 1 is 1.29 bits per heavy atom. The summed E-state index contributed by atoms with van der Waals surface area (Å²) in [5, 5.41) is 12.5. The standard InChI is InChI=1S/C15H19BrN4O/c1-5-12-15(16)13(20(6-2)19-12)8-14(21)11-7-9(3)17-18-10(11)4/h7H,5-6,8H2,1-4H3. The summed E-state index contributed by atoms with van der Waals surface area (Å²) < 4.78 is 2.83. The van der Waals surface area contributed by atoms with Crippen molar-refractivity contribution in [2.45, 2.75) is 47.1 Å². The van der Waals surface area contributed by atoms with Crippen LogP contribution in [0.2, 0.25) is 0 Å².